The first-order chi connectivity index (χ1) is 12.1. The molecule has 132 valence electrons. The maximum absolute atomic E-state index is 12.8. The quantitative estimate of drug-likeness (QED) is 0.723. The fraction of sp³-hybridized carbons (Fsp3) is 0.500. The summed E-state index contributed by atoms with van der Waals surface area (Å²) in [4.78, 5) is 27.3. The average Bonchev–Trinajstić information content (AvgIpc) is 3.20. The Morgan fingerprint density at radius 2 is 2.08 bits per heavy atom. The molecule has 7 heteroatoms. The highest BCUT2D eigenvalue weighted by molar-refractivity contribution is 7.17. The molecular weight excluding hydrogens is 336 g/mol. The molecule has 3 aromatic rings. The van der Waals surface area contributed by atoms with Crippen molar-refractivity contribution in [1.82, 2.24) is 19.1 Å². The van der Waals surface area contributed by atoms with Crippen molar-refractivity contribution in [3.8, 4) is 0 Å². The normalized spacial score (nSPS) is 15.9. The van der Waals surface area contributed by atoms with Crippen LogP contribution in [0.3, 0.4) is 0 Å². The first kappa shape index (κ1) is 16.3. The third-order valence-corrected chi connectivity index (χ3v) is 6.12. The van der Waals surface area contributed by atoms with E-state index in [0.717, 1.165) is 28.9 Å². The van der Waals surface area contributed by atoms with E-state index in [9.17, 15) is 9.59 Å². The highest BCUT2D eigenvalue weighted by Gasteiger charge is 2.23. The molecule has 1 aliphatic rings. The number of thiophene rings is 1. The summed E-state index contributed by atoms with van der Waals surface area (Å²) in [6.45, 7) is 1.87. The predicted molar refractivity (Wildman–Crippen MR) is 99.2 cm³/mol. The van der Waals surface area contributed by atoms with Gasteiger partial charge in [-0.05, 0) is 37.3 Å². The first-order valence-electron chi connectivity index (χ1n) is 8.78. The van der Waals surface area contributed by atoms with E-state index >= 15 is 0 Å². The fourth-order valence-corrected chi connectivity index (χ4v) is 4.65. The minimum atomic E-state index is -0.209. The van der Waals surface area contributed by atoms with Crippen LogP contribution < -0.4 is 5.56 Å². The Balaban J connectivity index is 1.66. The zero-order valence-corrected chi connectivity index (χ0v) is 15.4. The van der Waals surface area contributed by atoms with Gasteiger partial charge in [0.1, 0.15) is 17.9 Å². The summed E-state index contributed by atoms with van der Waals surface area (Å²) in [7, 11) is 1.85. The highest BCUT2D eigenvalue weighted by atomic mass is 32.1. The number of hydrogen-bond acceptors (Lipinski definition) is 4. The molecule has 0 bridgehead atoms. The molecule has 1 amide bonds. The molecular formula is C18H22N4O2S. The van der Waals surface area contributed by atoms with Crippen molar-refractivity contribution < 1.29 is 4.79 Å². The van der Waals surface area contributed by atoms with Gasteiger partial charge in [-0.3, -0.25) is 14.0 Å². The van der Waals surface area contributed by atoms with Crippen molar-refractivity contribution in [3.05, 3.63) is 33.7 Å². The zero-order chi connectivity index (χ0) is 17.6. The topological polar surface area (TPSA) is 59.6 Å². The monoisotopic (exact) mass is 358 g/mol. The van der Waals surface area contributed by atoms with E-state index in [4.69, 9.17) is 0 Å². The Labute approximate surface area is 149 Å². The molecule has 0 aliphatic heterocycles. The number of fused-ring (bicyclic) bond motifs is 3. The Morgan fingerprint density at radius 1 is 1.32 bits per heavy atom. The molecule has 1 saturated carbocycles. The van der Waals surface area contributed by atoms with Gasteiger partial charge in [0.25, 0.3) is 5.56 Å². The van der Waals surface area contributed by atoms with Crippen molar-refractivity contribution in [2.24, 2.45) is 0 Å². The van der Waals surface area contributed by atoms with Gasteiger partial charge in [-0.2, -0.15) is 5.10 Å². The van der Waals surface area contributed by atoms with Crippen LogP contribution in [0.15, 0.2) is 22.3 Å². The lowest BCUT2D eigenvalue weighted by molar-refractivity contribution is -0.133. The molecule has 0 N–H and O–H groups in total. The molecule has 4 rings (SSSR count). The van der Waals surface area contributed by atoms with Crippen LogP contribution in [0.2, 0.25) is 0 Å². The van der Waals surface area contributed by atoms with Crippen LogP contribution in [-0.2, 0) is 11.3 Å². The summed E-state index contributed by atoms with van der Waals surface area (Å²) in [5.41, 5.74) is 1.38. The van der Waals surface area contributed by atoms with E-state index in [0.29, 0.717) is 11.6 Å². The van der Waals surface area contributed by atoms with Gasteiger partial charge in [0.05, 0.1) is 10.2 Å². The van der Waals surface area contributed by atoms with Gasteiger partial charge in [0.2, 0.25) is 5.91 Å². The largest absolute Gasteiger partial charge is 0.341 e. The molecule has 0 radical (unpaired) electrons. The second-order valence-electron chi connectivity index (χ2n) is 6.84. The Bertz CT molecular complexity index is 994. The number of amides is 1. The van der Waals surface area contributed by atoms with E-state index in [1.807, 2.05) is 40.8 Å². The lowest BCUT2D eigenvalue weighted by Gasteiger charge is -2.31. The minimum absolute atomic E-state index is 0.00199. The molecule has 25 heavy (non-hydrogen) atoms. The number of carbonyl (C=O) groups excluding carboxylic acids is 1. The lowest BCUT2D eigenvalue weighted by Crippen LogP contribution is -2.42. The highest BCUT2D eigenvalue weighted by Crippen LogP contribution is 2.24. The van der Waals surface area contributed by atoms with Crippen LogP contribution in [-0.4, -0.2) is 38.1 Å². The smallest absolute Gasteiger partial charge is 0.291 e. The maximum Gasteiger partial charge on any atom is 0.291 e. The summed E-state index contributed by atoms with van der Waals surface area (Å²) in [5, 5.41) is 6.40. The molecule has 0 atom stereocenters. The predicted octanol–water partition coefficient (Wildman–Crippen LogP) is 2.81. The van der Waals surface area contributed by atoms with E-state index in [2.05, 4.69) is 5.10 Å². The van der Waals surface area contributed by atoms with E-state index in [-0.39, 0.29) is 18.0 Å². The average molecular weight is 358 g/mol. The second kappa shape index (κ2) is 6.29. The van der Waals surface area contributed by atoms with Gasteiger partial charge >= 0.3 is 0 Å². The summed E-state index contributed by atoms with van der Waals surface area (Å²) in [6, 6.07) is 4.18. The number of carbonyl (C=O) groups is 1. The molecule has 0 aromatic carbocycles. The standard InChI is InChI=1S/C18H22N4O2S/c1-12-19-21(11-17(23)20(2)13-6-4-3-5-7-13)18(24)15-10-16-14(22(12)15)8-9-25-16/h8-10,13H,3-7,11H2,1-2H3. The van der Waals surface area contributed by atoms with Crippen molar-refractivity contribution in [2.75, 3.05) is 7.05 Å². The Kier molecular flexibility index (Phi) is 4.11. The third kappa shape index (κ3) is 2.76. The van der Waals surface area contributed by atoms with Gasteiger partial charge in [0.15, 0.2) is 0 Å². The molecule has 0 unspecified atom stereocenters. The SMILES string of the molecule is Cc1nn(CC(=O)N(C)C2CCCCC2)c(=O)c2cc3sccc3n12. The van der Waals surface area contributed by atoms with Crippen LogP contribution in [0, 0.1) is 6.92 Å². The Hall–Kier alpha value is -2.15. The zero-order valence-electron chi connectivity index (χ0n) is 14.6. The number of aryl methyl sites for hydroxylation is 1. The van der Waals surface area contributed by atoms with Crippen molar-refractivity contribution in [1.29, 1.82) is 0 Å². The summed E-state index contributed by atoms with van der Waals surface area (Å²) in [5.74, 6) is 0.676. The molecule has 3 heterocycles. The molecule has 0 saturated heterocycles. The molecule has 0 spiro atoms. The maximum atomic E-state index is 12.8. The minimum Gasteiger partial charge on any atom is -0.341 e. The molecule has 1 aliphatic carbocycles. The van der Waals surface area contributed by atoms with E-state index < -0.39 is 0 Å². The van der Waals surface area contributed by atoms with Crippen LogP contribution in [0.1, 0.15) is 37.9 Å². The lowest BCUT2D eigenvalue weighted by atomic mass is 9.94. The Morgan fingerprint density at radius 3 is 2.84 bits per heavy atom. The van der Waals surface area contributed by atoms with Crippen LogP contribution in [0.4, 0.5) is 0 Å². The summed E-state index contributed by atoms with van der Waals surface area (Å²) >= 11 is 1.60. The number of hydrogen-bond donors (Lipinski definition) is 0. The molecule has 3 aromatic heterocycles. The molecule has 6 nitrogen and oxygen atoms in total. The number of aromatic nitrogens is 3. The van der Waals surface area contributed by atoms with Gasteiger partial charge in [-0.25, -0.2) is 4.68 Å². The number of likely N-dealkylation sites (N-methyl/N-ethyl adjacent to an activating group) is 1. The van der Waals surface area contributed by atoms with E-state index in [1.165, 1.54) is 23.9 Å². The summed E-state index contributed by atoms with van der Waals surface area (Å²) in [6.07, 6.45) is 5.70. The molecule has 1 fully saturated rings. The van der Waals surface area contributed by atoms with Crippen molar-refractivity contribution >= 4 is 33.0 Å². The van der Waals surface area contributed by atoms with Gasteiger partial charge < -0.3 is 4.90 Å². The van der Waals surface area contributed by atoms with Crippen molar-refractivity contribution in [3.63, 3.8) is 0 Å². The summed E-state index contributed by atoms with van der Waals surface area (Å²) < 4.78 is 4.25. The van der Waals surface area contributed by atoms with Gasteiger partial charge in [-0.1, -0.05) is 19.3 Å². The third-order valence-electron chi connectivity index (χ3n) is 5.27. The fourth-order valence-electron chi connectivity index (χ4n) is 3.85. The second-order valence-corrected chi connectivity index (χ2v) is 7.79. The first-order valence-corrected chi connectivity index (χ1v) is 9.66. The van der Waals surface area contributed by atoms with Gasteiger partial charge in [-0.15, -0.1) is 11.3 Å². The number of nitrogens with zero attached hydrogens (tertiary/aromatic N) is 4. The number of rotatable bonds is 3. The van der Waals surface area contributed by atoms with Crippen LogP contribution in [0.5, 0.6) is 0 Å². The van der Waals surface area contributed by atoms with E-state index in [1.54, 1.807) is 11.3 Å². The van der Waals surface area contributed by atoms with Gasteiger partial charge in [0, 0.05) is 13.1 Å². The van der Waals surface area contributed by atoms with Crippen LogP contribution in [0.25, 0.3) is 15.7 Å². The van der Waals surface area contributed by atoms with Crippen molar-refractivity contribution in [2.45, 2.75) is 51.6 Å². The van der Waals surface area contributed by atoms with Crippen LogP contribution >= 0.6 is 11.3 Å².